The van der Waals surface area contributed by atoms with Crippen LogP contribution in [-0.2, 0) is 9.47 Å². The lowest BCUT2D eigenvalue weighted by Crippen LogP contribution is -2.33. The van der Waals surface area contributed by atoms with Crippen LogP contribution in [0.4, 0.5) is 0 Å². The highest BCUT2D eigenvalue weighted by Gasteiger charge is 2.29. The summed E-state index contributed by atoms with van der Waals surface area (Å²) in [5.74, 6) is 0. The summed E-state index contributed by atoms with van der Waals surface area (Å²) in [7, 11) is 3.70. The molecule has 0 aromatic rings. The van der Waals surface area contributed by atoms with Gasteiger partial charge in [0.05, 0.1) is 12.7 Å². The van der Waals surface area contributed by atoms with E-state index in [-0.39, 0.29) is 12.1 Å². The first-order valence-electron chi connectivity index (χ1n) is 3.64. The molecule has 1 heterocycles. The van der Waals surface area contributed by atoms with Crippen molar-refractivity contribution >= 4 is 7.85 Å². The largest absolute Gasteiger partial charge is 0.382 e. The second-order valence-corrected chi connectivity index (χ2v) is 2.84. The van der Waals surface area contributed by atoms with Gasteiger partial charge in [0.2, 0.25) is 0 Å². The fraction of sp³-hybridized carbons (Fsp3) is 1.00. The van der Waals surface area contributed by atoms with Gasteiger partial charge in [0.25, 0.3) is 0 Å². The fourth-order valence-electron chi connectivity index (χ4n) is 1.32. The van der Waals surface area contributed by atoms with Gasteiger partial charge in [-0.15, -0.1) is 0 Å². The van der Waals surface area contributed by atoms with Crippen molar-refractivity contribution in [3.05, 3.63) is 0 Å². The van der Waals surface area contributed by atoms with Crippen LogP contribution < -0.4 is 5.73 Å². The Balaban J connectivity index is 2.31. The molecule has 1 unspecified atom stereocenters. The molecule has 4 heteroatoms. The van der Waals surface area contributed by atoms with Crippen LogP contribution in [0.25, 0.3) is 0 Å². The number of hydrogen-bond donors (Lipinski definition) is 1. The molecule has 3 atom stereocenters. The van der Waals surface area contributed by atoms with E-state index in [9.17, 15) is 0 Å². The van der Waals surface area contributed by atoms with Crippen LogP contribution in [0, 0.1) is 0 Å². The highest BCUT2D eigenvalue weighted by Crippen LogP contribution is 2.16. The molecule has 0 radical (unpaired) electrons. The van der Waals surface area contributed by atoms with Gasteiger partial charge in [0.15, 0.2) is 0 Å². The lowest BCUT2D eigenvalue weighted by Gasteiger charge is -2.12. The smallest absolute Gasteiger partial charge is 0.139 e. The zero-order valence-corrected chi connectivity index (χ0v) is 6.54. The minimum absolute atomic E-state index is 0.111. The van der Waals surface area contributed by atoms with Gasteiger partial charge in [0.1, 0.15) is 7.85 Å². The predicted molar refractivity (Wildman–Crippen MR) is 41.7 cm³/mol. The highest BCUT2D eigenvalue weighted by molar-refractivity contribution is 6.11. The molecule has 2 N–H and O–H groups in total. The third-order valence-corrected chi connectivity index (χ3v) is 1.82. The lowest BCUT2D eigenvalue weighted by atomic mass is 9.95. The normalized spacial score (nSPS) is 40.4. The molecule has 1 rings (SSSR count). The SMILES string of the molecule is B[C@H]1C[C@H](N)C(COC)O1. The number of hydrogen-bond acceptors (Lipinski definition) is 3. The summed E-state index contributed by atoms with van der Waals surface area (Å²) in [6.07, 6.45) is 1.06. The minimum atomic E-state index is 0.111. The minimum Gasteiger partial charge on any atom is -0.382 e. The Morgan fingerprint density at radius 2 is 2.50 bits per heavy atom. The third-order valence-electron chi connectivity index (χ3n) is 1.82. The van der Waals surface area contributed by atoms with Crippen LogP contribution in [0.5, 0.6) is 0 Å². The molecular weight excluding hydrogens is 129 g/mol. The fourth-order valence-corrected chi connectivity index (χ4v) is 1.32. The first-order valence-corrected chi connectivity index (χ1v) is 3.64. The van der Waals surface area contributed by atoms with Crippen LogP contribution in [-0.4, -0.2) is 39.7 Å². The molecule has 0 aliphatic carbocycles. The number of methoxy groups -OCH3 is 1. The van der Waals surface area contributed by atoms with Crippen LogP contribution >= 0.6 is 0 Å². The van der Waals surface area contributed by atoms with E-state index in [4.69, 9.17) is 15.2 Å². The predicted octanol–water partition coefficient (Wildman–Crippen LogP) is -1.29. The van der Waals surface area contributed by atoms with Gasteiger partial charge in [-0.3, -0.25) is 0 Å². The Hall–Kier alpha value is -0.0551. The van der Waals surface area contributed by atoms with Crippen LogP contribution in [0.3, 0.4) is 0 Å². The molecule has 1 saturated heterocycles. The van der Waals surface area contributed by atoms with Crippen molar-refractivity contribution in [2.45, 2.75) is 24.6 Å². The number of nitrogens with two attached hydrogens (primary N) is 1. The highest BCUT2D eigenvalue weighted by atomic mass is 16.5. The van der Waals surface area contributed by atoms with Crippen LogP contribution in [0.2, 0.25) is 0 Å². The molecule has 1 fully saturated rings. The maximum Gasteiger partial charge on any atom is 0.139 e. The van der Waals surface area contributed by atoms with E-state index in [1.54, 1.807) is 7.11 Å². The molecule has 0 amide bonds. The van der Waals surface area contributed by atoms with Gasteiger partial charge in [-0.05, 0) is 6.42 Å². The Kier molecular flexibility index (Phi) is 2.71. The Morgan fingerprint density at radius 3 is 2.90 bits per heavy atom. The Morgan fingerprint density at radius 1 is 1.80 bits per heavy atom. The summed E-state index contributed by atoms with van der Waals surface area (Å²) < 4.78 is 10.4. The molecule has 0 bridgehead atoms. The standard InChI is InChI=1S/C6H14BNO2/c1-9-3-5-4(8)2-6(7)10-5/h4-6H,2-3,7-8H2,1H3/t4-,5?,6+/m0/s1. The van der Waals surface area contributed by atoms with Crippen molar-refractivity contribution in [2.24, 2.45) is 5.73 Å². The van der Waals surface area contributed by atoms with Gasteiger partial charge >= 0.3 is 0 Å². The average molecular weight is 143 g/mol. The van der Waals surface area contributed by atoms with E-state index in [1.807, 2.05) is 7.85 Å². The first-order chi connectivity index (χ1) is 4.74. The zero-order chi connectivity index (χ0) is 7.56. The second kappa shape index (κ2) is 3.37. The summed E-state index contributed by atoms with van der Waals surface area (Å²) in [5.41, 5.74) is 5.75. The molecule has 10 heavy (non-hydrogen) atoms. The molecule has 0 aromatic heterocycles. The summed E-state index contributed by atoms with van der Waals surface area (Å²) in [5, 5.41) is 0. The van der Waals surface area contributed by atoms with E-state index in [1.165, 1.54) is 0 Å². The van der Waals surface area contributed by atoms with Crippen molar-refractivity contribution in [3.8, 4) is 0 Å². The maximum atomic E-state index is 5.75. The Bertz CT molecular complexity index is 112. The maximum absolute atomic E-state index is 5.75. The van der Waals surface area contributed by atoms with Crippen molar-refractivity contribution in [1.29, 1.82) is 0 Å². The van der Waals surface area contributed by atoms with Gasteiger partial charge < -0.3 is 15.2 Å². The van der Waals surface area contributed by atoms with E-state index < -0.39 is 0 Å². The molecular formula is C6H14BNO2. The second-order valence-electron chi connectivity index (χ2n) is 2.84. The van der Waals surface area contributed by atoms with Crippen LogP contribution in [0.1, 0.15) is 6.42 Å². The van der Waals surface area contributed by atoms with Crippen LogP contribution in [0.15, 0.2) is 0 Å². The summed E-state index contributed by atoms with van der Waals surface area (Å²) >= 11 is 0. The quantitative estimate of drug-likeness (QED) is 0.489. The summed E-state index contributed by atoms with van der Waals surface area (Å²) in [6, 6.07) is 0.463. The average Bonchev–Trinajstić information content (AvgIpc) is 2.13. The first kappa shape index (κ1) is 8.05. The topological polar surface area (TPSA) is 44.5 Å². The molecule has 58 valence electrons. The third kappa shape index (κ3) is 1.72. The summed E-state index contributed by atoms with van der Waals surface area (Å²) in [6.45, 7) is 0.617. The van der Waals surface area contributed by atoms with Gasteiger partial charge in [-0.2, -0.15) is 0 Å². The number of rotatable bonds is 2. The van der Waals surface area contributed by atoms with E-state index in [2.05, 4.69) is 0 Å². The molecule has 1 aliphatic heterocycles. The monoisotopic (exact) mass is 143 g/mol. The number of ether oxygens (including phenoxy) is 2. The van der Waals surface area contributed by atoms with E-state index in [0.29, 0.717) is 12.6 Å². The Labute approximate surface area is 62.3 Å². The zero-order valence-electron chi connectivity index (χ0n) is 6.54. The molecule has 0 aromatic carbocycles. The van der Waals surface area contributed by atoms with Gasteiger partial charge in [0, 0.05) is 19.2 Å². The molecule has 0 spiro atoms. The van der Waals surface area contributed by atoms with E-state index in [0.717, 1.165) is 6.42 Å². The van der Waals surface area contributed by atoms with Crippen molar-refractivity contribution < 1.29 is 9.47 Å². The lowest BCUT2D eigenvalue weighted by molar-refractivity contribution is 0.0201. The molecule has 1 aliphatic rings. The van der Waals surface area contributed by atoms with Gasteiger partial charge in [-0.1, -0.05) is 0 Å². The van der Waals surface area contributed by atoms with Crippen molar-refractivity contribution in [3.63, 3.8) is 0 Å². The van der Waals surface area contributed by atoms with E-state index >= 15 is 0 Å². The molecule has 0 saturated carbocycles. The summed E-state index contributed by atoms with van der Waals surface area (Å²) in [4.78, 5) is 0. The molecule has 3 nitrogen and oxygen atoms in total. The van der Waals surface area contributed by atoms with Crippen molar-refractivity contribution in [1.82, 2.24) is 0 Å². The van der Waals surface area contributed by atoms with Crippen molar-refractivity contribution in [2.75, 3.05) is 13.7 Å². The van der Waals surface area contributed by atoms with Gasteiger partial charge in [-0.25, -0.2) is 0 Å².